The number of alkyl halides is 3. The summed E-state index contributed by atoms with van der Waals surface area (Å²) in [6.45, 7) is 0. The molecule has 0 saturated carbocycles. The molecule has 18 heavy (non-hydrogen) atoms. The van der Waals surface area contributed by atoms with Crippen LogP contribution in [0.3, 0.4) is 0 Å². The number of carboxylic acids is 1. The second-order valence-corrected chi connectivity index (χ2v) is 3.20. The second-order valence-electron chi connectivity index (χ2n) is 3.20. The molecule has 0 aliphatic heterocycles. The van der Waals surface area contributed by atoms with E-state index < -0.39 is 41.3 Å². The lowest BCUT2D eigenvalue weighted by atomic mass is 10.1. The number of benzene rings is 1. The number of nitrogens with two attached hydrogens (primary N) is 1. The first-order valence-electron chi connectivity index (χ1n) is 4.37. The van der Waals surface area contributed by atoms with Gasteiger partial charge in [0.2, 0.25) is 0 Å². The first-order chi connectivity index (χ1) is 8.11. The summed E-state index contributed by atoms with van der Waals surface area (Å²) in [5.74, 6) is -4.41. The van der Waals surface area contributed by atoms with E-state index in [0.717, 1.165) is 0 Å². The number of nitrogen functional groups attached to an aromatic ring is 1. The molecule has 0 bridgehead atoms. The highest BCUT2D eigenvalue weighted by Crippen LogP contribution is 2.31. The highest BCUT2D eigenvalue weighted by atomic mass is 19.4. The molecule has 0 heterocycles. The third kappa shape index (κ3) is 3.23. The van der Waals surface area contributed by atoms with Gasteiger partial charge in [-0.2, -0.15) is 0 Å². The molecule has 1 aromatic carbocycles. The molecule has 0 radical (unpaired) electrons. The van der Waals surface area contributed by atoms with Crippen molar-refractivity contribution in [3.05, 3.63) is 23.5 Å². The lowest BCUT2D eigenvalue weighted by Gasteiger charge is -2.14. The Balaban J connectivity index is 3.16. The number of rotatable bonds is 3. The fourth-order valence-corrected chi connectivity index (χ4v) is 1.16. The van der Waals surface area contributed by atoms with Crippen molar-refractivity contribution < 1.29 is 37.3 Å². The predicted molar refractivity (Wildman–Crippen MR) is 50.1 cm³/mol. The van der Waals surface area contributed by atoms with Crippen molar-refractivity contribution in [1.29, 1.82) is 0 Å². The van der Waals surface area contributed by atoms with E-state index >= 15 is 0 Å². The number of aliphatic hydroxyl groups is 1. The number of anilines is 1. The smallest absolute Gasteiger partial charge is 0.479 e. The lowest BCUT2D eigenvalue weighted by Crippen LogP contribution is -2.19. The minimum absolute atomic E-state index is 0.370. The number of carboxylic acid groups (broad SMARTS) is 1. The SMILES string of the molecule is Nc1cc(OC(F)(F)F)c(F)cc1C(O)C(=O)O. The summed E-state index contributed by atoms with van der Waals surface area (Å²) < 4.78 is 52.1. The number of aliphatic carboxylic acids is 1. The van der Waals surface area contributed by atoms with E-state index in [1.807, 2.05) is 0 Å². The van der Waals surface area contributed by atoms with E-state index in [9.17, 15) is 22.4 Å². The van der Waals surface area contributed by atoms with Gasteiger partial charge in [0, 0.05) is 17.3 Å². The van der Waals surface area contributed by atoms with E-state index in [0.29, 0.717) is 12.1 Å². The van der Waals surface area contributed by atoms with Crippen molar-refractivity contribution in [3.63, 3.8) is 0 Å². The summed E-state index contributed by atoms with van der Waals surface area (Å²) in [7, 11) is 0. The third-order valence-electron chi connectivity index (χ3n) is 1.89. The molecule has 5 nitrogen and oxygen atoms in total. The van der Waals surface area contributed by atoms with E-state index in [-0.39, 0.29) is 0 Å². The topological polar surface area (TPSA) is 92.8 Å². The molecule has 0 aliphatic rings. The summed E-state index contributed by atoms with van der Waals surface area (Å²) in [5.41, 5.74) is 4.11. The molecule has 100 valence electrons. The van der Waals surface area contributed by atoms with Crippen LogP contribution in [0.4, 0.5) is 23.2 Å². The maximum atomic E-state index is 13.2. The minimum Gasteiger partial charge on any atom is -0.479 e. The van der Waals surface area contributed by atoms with E-state index in [2.05, 4.69) is 4.74 Å². The van der Waals surface area contributed by atoms with Crippen molar-refractivity contribution in [1.82, 2.24) is 0 Å². The van der Waals surface area contributed by atoms with Crippen LogP contribution < -0.4 is 10.5 Å². The second kappa shape index (κ2) is 4.69. The molecule has 0 aromatic heterocycles. The average molecular weight is 269 g/mol. The molecule has 0 fully saturated rings. The zero-order valence-electron chi connectivity index (χ0n) is 8.53. The van der Waals surface area contributed by atoms with E-state index in [4.69, 9.17) is 15.9 Å². The van der Waals surface area contributed by atoms with Crippen LogP contribution in [0, 0.1) is 5.82 Å². The van der Waals surface area contributed by atoms with Gasteiger partial charge in [-0.3, -0.25) is 0 Å². The van der Waals surface area contributed by atoms with Crippen LogP contribution in [0.5, 0.6) is 5.75 Å². The van der Waals surface area contributed by atoms with Gasteiger partial charge in [-0.05, 0) is 6.07 Å². The number of hydrogen-bond donors (Lipinski definition) is 3. The molecule has 0 saturated heterocycles. The Bertz CT molecular complexity index is 474. The lowest BCUT2D eigenvalue weighted by molar-refractivity contribution is -0.275. The highest BCUT2D eigenvalue weighted by Gasteiger charge is 2.33. The van der Waals surface area contributed by atoms with E-state index in [1.165, 1.54) is 0 Å². The highest BCUT2D eigenvalue weighted by molar-refractivity contribution is 5.77. The Morgan fingerprint density at radius 2 is 1.94 bits per heavy atom. The maximum Gasteiger partial charge on any atom is 0.573 e. The molecule has 4 N–H and O–H groups in total. The largest absolute Gasteiger partial charge is 0.573 e. The van der Waals surface area contributed by atoms with Gasteiger partial charge in [0.25, 0.3) is 0 Å². The van der Waals surface area contributed by atoms with Gasteiger partial charge in [-0.1, -0.05) is 0 Å². The number of aliphatic hydroxyl groups excluding tert-OH is 1. The molecule has 0 spiro atoms. The number of hydrogen-bond acceptors (Lipinski definition) is 4. The van der Waals surface area contributed by atoms with Gasteiger partial charge < -0.3 is 20.7 Å². The molecule has 0 aliphatic carbocycles. The van der Waals surface area contributed by atoms with Crippen LogP contribution >= 0.6 is 0 Å². The molecular weight excluding hydrogens is 262 g/mol. The van der Waals surface area contributed by atoms with E-state index in [1.54, 1.807) is 0 Å². The van der Waals surface area contributed by atoms with Crippen LogP contribution in [0.15, 0.2) is 12.1 Å². The third-order valence-corrected chi connectivity index (χ3v) is 1.89. The van der Waals surface area contributed by atoms with Crippen LogP contribution in [-0.2, 0) is 4.79 Å². The molecule has 1 atom stereocenters. The normalized spacial score (nSPS) is 13.2. The molecule has 1 aromatic rings. The van der Waals surface area contributed by atoms with Gasteiger partial charge in [0.15, 0.2) is 17.7 Å². The summed E-state index contributed by atoms with van der Waals surface area (Å²) in [4.78, 5) is 10.4. The van der Waals surface area contributed by atoms with Gasteiger partial charge >= 0.3 is 12.3 Å². The van der Waals surface area contributed by atoms with Crippen molar-refractivity contribution in [3.8, 4) is 5.75 Å². The molecule has 9 heteroatoms. The van der Waals surface area contributed by atoms with Crippen molar-refractivity contribution >= 4 is 11.7 Å². The summed E-state index contributed by atoms with van der Waals surface area (Å²) in [5, 5.41) is 17.6. The van der Waals surface area contributed by atoms with Gasteiger partial charge in [0.05, 0.1) is 0 Å². The van der Waals surface area contributed by atoms with Crippen LogP contribution in [0.1, 0.15) is 11.7 Å². The van der Waals surface area contributed by atoms with Gasteiger partial charge in [-0.25, -0.2) is 9.18 Å². The Morgan fingerprint density at radius 3 is 2.39 bits per heavy atom. The Kier molecular flexibility index (Phi) is 3.65. The standard InChI is InChI=1S/C9H7F4NO4/c10-4-1-3(7(15)8(16)17)5(14)2-6(4)18-9(11,12)13/h1-2,7,15H,14H2,(H,16,17). The fraction of sp³-hybridized carbons (Fsp3) is 0.222. The maximum absolute atomic E-state index is 13.2. The number of halogens is 4. The predicted octanol–water partition coefficient (Wildman–Crippen LogP) is 1.42. The first-order valence-corrected chi connectivity index (χ1v) is 4.37. The Labute approximate surface area is 97.4 Å². The van der Waals surface area contributed by atoms with Crippen molar-refractivity contribution in [2.75, 3.05) is 5.73 Å². The first kappa shape index (κ1) is 14.0. The van der Waals surface area contributed by atoms with Gasteiger partial charge in [-0.15, -0.1) is 13.2 Å². The number of carbonyl (C=O) groups is 1. The van der Waals surface area contributed by atoms with Crippen LogP contribution in [0.2, 0.25) is 0 Å². The number of ether oxygens (including phenoxy) is 1. The molecular formula is C9H7F4NO4. The quantitative estimate of drug-likeness (QED) is 0.570. The van der Waals surface area contributed by atoms with Gasteiger partial charge in [0.1, 0.15) is 0 Å². The Morgan fingerprint density at radius 1 is 1.39 bits per heavy atom. The zero-order valence-corrected chi connectivity index (χ0v) is 8.53. The fourth-order valence-electron chi connectivity index (χ4n) is 1.16. The minimum atomic E-state index is -5.11. The molecule has 1 rings (SSSR count). The van der Waals surface area contributed by atoms with Crippen LogP contribution in [-0.4, -0.2) is 22.5 Å². The zero-order chi connectivity index (χ0) is 14.1. The molecule has 1 unspecified atom stereocenters. The van der Waals surface area contributed by atoms with Crippen LogP contribution in [0.25, 0.3) is 0 Å². The monoisotopic (exact) mass is 269 g/mol. The summed E-state index contributed by atoms with van der Waals surface area (Å²) in [6, 6.07) is 0.819. The summed E-state index contributed by atoms with van der Waals surface area (Å²) in [6.07, 6.45) is -7.25. The average Bonchev–Trinajstić information content (AvgIpc) is 2.19. The van der Waals surface area contributed by atoms with Crippen molar-refractivity contribution in [2.24, 2.45) is 0 Å². The van der Waals surface area contributed by atoms with Crippen molar-refractivity contribution in [2.45, 2.75) is 12.5 Å². The molecule has 0 amide bonds. The Hall–Kier alpha value is -2.03. The summed E-state index contributed by atoms with van der Waals surface area (Å²) >= 11 is 0.